The second-order valence-corrected chi connectivity index (χ2v) is 6.10. The first-order chi connectivity index (χ1) is 9.77. The lowest BCUT2D eigenvalue weighted by Crippen LogP contribution is -2.52. The molecule has 0 aromatic heterocycles. The molecule has 0 fully saturated rings. The van der Waals surface area contributed by atoms with Gasteiger partial charge in [0.1, 0.15) is 5.75 Å². The van der Waals surface area contributed by atoms with E-state index in [9.17, 15) is 9.90 Å². The van der Waals surface area contributed by atoms with Gasteiger partial charge in [-0.3, -0.25) is 4.79 Å². The minimum Gasteiger partial charge on any atom is -0.476 e. The Balaban J connectivity index is 2.47. The van der Waals surface area contributed by atoms with Gasteiger partial charge in [0.25, 0.3) is 5.91 Å². The summed E-state index contributed by atoms with van der Waals surface area (Å²) >= 11 is 0. The number of nitrogens with two attached hydrogens (primary N) is 1. The van der Waals surface area contributed by atoms with Crippen LogP contribution in [0.4, 0.5) is 5.69 Å². The Hall–Kier alpha value is -1.59. The van der Waals surface area contributed by atoms with Gasteiger partial charge in [-0.25, -0.2) is 0 Å². The highest BCUT2D eigenvalue weighted by Crippen LogP contribution is 2.39. The fraction of sp³-hybridized carbons (Fsp3) is 0.562. The number of hydrogen-bond acceptors (Lipinski definition) is 4. The van der Waals surface area contributed by atoms with Crippen LogP contribution in [0.15, 0.2) is 18.2 Å². The molecule has 21 heavy (non-hydrogen) atoms. The Morgan fingerprint density at radius 2 is 2.10 bits per heavy atom. The topological polar surface area (TPSA) is 75.8 Å². The van der Waals surface area contributed by atoms with Crippen LogP contribution < -0.4 is 15.4 Å². The van der Waals surface area contributed by atoms with E-state index in [1.807, 2.05) is 6.92 Å². The molecule has 2 unspecified atom stereocenters. The fourth-order valence-electron chi connectivity index (χ4n) is 2.52. The van der Waals surface area contributed by atoms with Crippen molar-refractivity contribution in [2.24, 2.45) is 5.73 Å². The van der Waals surface area contributed by atoms with Crippen LogP contribution in [0.1, 0.15) is 45.8 Å². The molecule has 1 aromatic rings. The Morgan fingerprint density at radius 3 is 2.67 bits per heavy atom. The zero-order valence-corrected chi connectivity index (χ0v) is 13.1. The van der Waals surface area contributed by atoms with E-state index in [1.54, 1.807) is 43.9 Å². The molecule has 1 heterocycles. The van der Waals surface area contributed by atoms with E-state index in [-0.39, 0.29) is 11.9 Å². The average Bonchev–Trinajstić information content (AvgIpc) is 2.42. The van der Waals surface area contributed by atoms with Gasteiger partial charge < -0.3 is 20.5 Å². The van der Waals surface area contributed by atoms with Gasteiger partial charge in [0.2, 0.25) is 0 Å². The summed E-state index contributed by atoms with van der Waals surface area (Å²) in [5, 5.41) is 10.1. The second-order valence-electron chi connectivity index (χ2n) is 6.10. The zero-order chi connectivity index (χ0) is 15.8. The molecule has 1 aromatic carbocycles. The number of aliphatic hydroxyl groups is 1. The van der Waals surface area contributed by atoms with Crippen molar-refractivity contribution < 1.29 is 14.6 Å². The molecule has 0 spiro atoms. The van der Waals surface area contributed by atoms with E-state index in [2.05, 4.69) is 0 Å². The highest BCUT2D eigenvalue weighted by molar-refractivity contribution is 6.02. The molecule has 116 valence electrons. The third-order valence-electron chi connectivity index (χ3n) is 3.69. The van der Waals surface area contributed by atoms with E-state index in [4.69, 9.17) is 10.5 Å². The van der Waals surface area contributed by atoms with E-state index >= 15 is 0 Å². The third kappa shape index (κ3) is 2.89. The fourth-order valence-corrected chi connectivity index (χ4v) is 2.52. The van der Waals surface area contributed by atoms with Gasteiger partial charge in [0, 0.05) is 12.6 Å². The van der Waals surface area contributed by atoms with Gasteiger partial charge in [-0.1, -0.05) is 13.0 Å². The minimum atomic E-state index is -0.872. The van der Waals surface area contributed by atoms with E-state index in [0.29, 0.717) is 23.5 Å². The largest absolute Gasteiger partial charge is 0.476 e. The molecular weight excluding hydrogens is 268 g/mol. The van der Waals surface area contributed by atoms with Crippen molar-refractivity contribution in [3.63, 3.8) is 0 Å². The summed E-state index contributed by atoms with van der Waals surface area (Å²) in [6, 6.07) is 5.02. The molecule has 5 nitrogen and oxygen atoms in total. The monoisotopic (exact) mass is 292 g/mol. The number of fused-ring (bicyclic) bond motifs is 1. The summed E-state index contributed by atoms with van der Waals surface area (Å²) in [4.78, 5) is 14.3. The number of anilines is 1. The van der Waals surface area contributed by atoms with Crippen molar-refractivity contribution in [3.05, 3.63) is 23.8 Å². The molecule has 5 heteroatoms. The first kappa shape index (κ1) is 15.8. The predicted molar refractivity (Wildman–Crippen MR) is 82.4 cm³/mol. The Morgan fingerprint density at radius 1 is 1.43 bits per heavy atom. The molecule has 0 saturated heterocycles. The number of rotatable bonds is 4. The van der Waals surface area contributed by atoms with Crippen molar-refractivity contribution in [1.82, 2.24) is 0 Å². The number of nitrogens with zero attached hydrogens (tertiary/aromatic N) is 1. The standard InChI is InChI=1S/C16H24N2O3/c1-5-8-18-12-9-11(14(19)10(2)17)6-7-13(12)21-16(3,4)15(18)20/h6-7,9-10,14,19H,5,8,17H2,1-4H3. The molecule has 0 aliphatic carbocycles. The number of carbonyl (C=O) groups is 1. The van der Waals surface area contributed by atoms with E-state index in [0.717, 1.165) is 6.42 Å². The number of carbonyl (C=O) groups excluding carboxylic acids is 1. The first-order valence-corrected chi connectivity index (χ1v) is 7.36. The predicted octanol–water partition coefficient (Wildman–Crippen LogP) is 1.98. The summed E-state index contributed by atoms with van der Waals surface area (Å²) in [5.74, 6) is 0.595. The zero-order valence-electron chi connectivity index (χ0n) is 13.1. The second kappa shape index (κ2) is 5.66. The molecule has 2 atom stereocenters. The van der Waals surface area contributed by atoms with Crippen LogP contribution in [0.25, 0.3) is 0 Å². The Labute approximate surface area is 125 Å². The van der Waals surface area contributed by atoms with Crippen LogP contribution in [0.2, 0.25) is 0 Å². The maximum Gasteiger partial charge on any atom is 0.270 e. The van der Waals surface area contributed by atoms with Crippen molar-refractivity contribution in [1.29, 1.82) is 0 Å². The van der Waals surface area contributed by atoms with Gasteiger partial charge in [0.05, 0.1) is 11.8 Å². The minimum absolute atomic E-state index is 0.0655. The quantitative estimate of drug-likeness (QED) is 0.889. The lowest BCUT2D eigenvalue weighted by atomic mass is 9.99. The lowest BCUT2D eigenvalue weighted by Gasteiger charge is -2.39. The normalized spacial score (nSPS) is 19.7. The molecular formula is C16H24N2O3. The first-order valence-electron chi connectivity index (χ1n) is 7.36. The summed E-state index contributed by atoms with van der Waals surface area (Å²) in [6.07, 6.45) is 0.0882. The van der Waals surface area contributed by atoms with Crippen molar-refractivity contribution >= 4 is 11.6 Å². The van der Waals surface area contributed by atoms with Crippen LogP contribution in [0.3, 0.4) is 0 Å². The maximum absolute atomic E-state index is 12.5. The third-order valence-corrected chi connectivity index (χ3v) is 3.69. The smallest absolute Gasteiger partial charge is 0.270 e. The summed E-state index contributed by atoms with van der Waals surface area (Å²) < 4.78 is 5.80. The van der Waals surface area contributed by atoms with Crippen LogP contribution >= 0.6 is 0 Å². The van der Waals surface area contributed by atoms with Crippen LogP contribution in [0, 0.1) is 0 Å². The SMILES string of the molecule is CCCN1C(=O)C(C)(C)Oc2ccc(C(O)C(C)N)cc21. The van der Waals surface area contributed by atoms with Crippen LogP contribution in [-0.2, 0) is 4.79 Å². The summed E-state index contributed by atoms with van der Waals surface area (Å²) in [7, 11) is 0. The van der Waals surface area contributed by atoms with Crippen molar-refractivity contribution in [2.45, 2.75) is 51.9 Å². The number of amides is 1. The molecule has 0 bridgehead atoms. The average molecular weight is 292 g/mol. The van der Waals surface area contributed by atoms with E-state index < -0.39 is 11.7 Å². The number of aliphatic hydroxyl groups excluding tert-OH is 1. The lowest BCUT2D eigenvalue weighted by molar-refractivity contribution is -0.132. The number of ether oxygens (including phenoxy) is 1. The van der Waals surface area contributed by atoms with Gasteiger partial charge in [-0.15, -0.1) is 0 Å². The molecule has 1 aliphatic heterocycles. The molecule has 1 aliphatic rings. The van der Waals surface area contributed by atoms with Crippen molar-refractivity contribution in [3.8, 4) is 5.75 Å². The molecule has 0 radical (unpaired) electrons. The molecule has 2 rings (SSSR count). The van der Waals surface area contributed by atoms with Gasteiger partial charge in [0.15, 0.2) is 5.60 Å². The number of benzene rings is 1. The molecule has 3 N–H and O–H groups in total. The van der Waals surface area contributed by atoms with Gasteiger partial charge in [-0.2, -0.15) is 0 Å². The van der Waals surface area contributed by atoms with Gasteiger partial charge >= 0.3 is 0 Å². The van der Waals surface area contributed by atoms with Crippen LogP contribution in [0.5, 0.6) is 5.75 Å². The summed E-state index contributed by atoms with van der Waals surface area (Å²) in [6.45, 7) is 7.93. The number of hydrogen-bond donors (Lipinski definition) is 2. The van der Waals surface area contributed by atoms with Gasteiger partial charge in [-0.05, 0) is 44.9 Å². The maximum atomic E-state index is 12.5. The Kier molecular flexibility index (Phi) is 4.25. The highest BCUT2D eigenvalue weighted by Gasteiger charge is 2.40. The van der Waals surface area contributed by atoms with Crippen LogP contribution in [-0.4, -0.2) is 29.2 Å². The molecule has 1 amide bonds. The Bertz CT molecular complexity index is 540. The summed E-state index contributed by atoms with van der Waals surface area (Å²) in [5.41, 5.74) is 6.28. The van der Waals surface area contributed by atoms with E-state index in [1.165, 1.54) is 0 Å². The van der Waals surface area contributed by atoms with Crippen molar-refractivity contribution in [2.75, 3.05) is 11.4 Å². The highest BCUT2D eigenvalue weighted by atomic mass is 16.5. The molecule has 0 saturated carbocycles.